The summed E-state index contributed by atoms with van der Waals surface area (Å²) in [6, 6.07) is 4.25. The number of sulfonamides is 1. The Labute approximate surface area is 126 Å². The molecule has 22 heavy (non-hydrogen) atoms. The molecule has 1 fully saturated rings. The molecule has 118 valence electrons. The van der Waals surface area contributed by atoms with Crippen molar-refractivity contribution < 1.29 is 17.6 Å². The van der Waals surface area contributed by atoms with Crippen LogP contribution in [0.4, 0.5) is 0 Å². The van der Waals surface area contributed by atoms with E-state index in [1.807, 2.05) is 0 Å². The third-order valence-corrected chi connectivity index (χ3v) is 5.47. The number of aryl methyl sites for hydroxylation is 1. The number of fused-ring (bicyclic) bond motifs is 1. The summed E-state index contributed by atoms with van der Waals surface area (Å²) >= 11 is 0. The van der Waals surface area contributed by atoms with Gasteiger partial charge in [-0.05, 0) is 18.6 Å². The Morgan fingerprint density at radius 1 is 1.27 bits per heavy atom. The van der Waals surface area contributed by atoms with Crippen molar-refractivity contribution in [3.8, 4) is 0 Å². The van der Waals surface area contributed by atoms with Gasteiger partial charge in [-0.15, -0.1) is 0 Å². The number of nitrogens with one attached hydrogen (secondary N) is 1. The van der Waals surface area contributed by atoms with Crippen molar-refractivity contribution in [2.45, 2.75) is 11.3 Å². The highest BCUT2D eigenvalue weighted by Gasteiger charge is 2.28. The fraction of sp³-hybridized carbons (Fsp3) is 0.385. The second kappa shape index (κ2) is 5.25. The first-order chi connectivity index (χ1) is 10.4. The van der Waals surface area contributed by atoms with E-state index in [1.165, 1.54) is 22.8 Å². The van der Waals surface area contributed by atoms with Gasteiger partial charge in [0, 0.05) is 26.2 Å². The lowest BCUT2D eigenvalue weighted by Crippen LogP contribution is -2.37. The second-order valence-electron chi connectivity index (χ2n) is 5.10. The van der Waals surface area contributed by atoms with E-state index < -0.39 is 15.8 Å². The van der Waals surface area contributed by atoms with Crippen molar-refractivity contribution in [3.05, 3.63) is 28.7 Å². The lowest BCUT2D eigenvalue weighted by Gasteiger charge is -2.18. The number of rotatable bonds is 2. The Morgan fingerprint density at radius 2 is 2.05 bits per heavy atom. The third-order valence-electron chi connectivity index (χ3n) is 3.63. The van der Waals surface area contributed by atoms with Crippen LogP contribution in [0.2, 0.25) is 0 Å². The minimum absolute atomic E-state index is 0.00375. The monoisotopic (exact) mass is 325 g/mol. The Morgan fingerprint density at radius 3 is 2.82 bits per heavy atom. The number of nitrogens with zero attached hydrogens (tertiary/aromatic N) is 2. The molecule has 3 rings (SSSR count). The van der Waals surface area contributed by atoms with Gasteiger partial charge in [-0.2, -0.15) is 4.31 Å². The zero-order valence-electron chi connectivity index (χ0n) is 11.9. The number of hydrogen-bond acceptors (Lipinski definition) is 5. The number of carbonyl (C=O) groups is 1. The summed E-state index contributed by atoms with van der Waals surface area (Å²) in [7, 11) is -2.27. The average Bonchev–Trinajstić information content (AvgIpc) is 2.65. The van der Waals surface area contributed by atoms with Gasteiger partial charge in [0.15, 0.2) is 5.58 Å². The molecule has 1 aromatic carbocycles. The molecule has 0 unspecified atom stereocenters. The van der Waals surface area contributed by atoms with E-state index in [9.17, 15) is 18.0 Å². The summed E-state index contributed by atoms with van der Waals surface area (Å²) < 4.78 is 32.7. The van der Waals surface area contributed by atoms with Crippen LogP contribution >= 0.6 is 0 Å². The topological polar surface area (TPSA) is 102 Å². The van der Waals surface area contributed by atoms with E-state index in [4.69, 9.17) is 4.42 Å². The predicted molar refractivity (Wildman–Crippen MR) is 77.8 cm³/mol. The Kier molecular flexibility index (Phi) is 3.53. The highest BCUT2D eigenvalue weighted by Crippen LogP contribution is 2.21. The number of amides is 1. The molecule has 1 aliphatic rings. The second-order valence-corrected chi connectivity index (χ2v) is 7.04. The SMILES string of the molecule is Cn1c(=O)oc2cc(S(=O)(=O)N3CCCNC(=O)C3)ccc21. The van der Waals surface area contributed by atoms with E-state index >= 15 is 0 Å². The molecule has 0 saturated carbocycles. The van der Waals surface area contributed by atoms with E-state index in [0.717, 1.165) is 4.31 Å². The summed E-state index contributed by atoms with van der Waals surface area (Å²) in [4.78, 5) is 23.0. The summed E-state index contributed by atoms with van der Waals surface area (Å²) in [6.07, 6.45) is 0.549. The average molecular weight is 325 g/mol. The lowest BCUT2D eigenvalue weighted by atomic mass is 10.3. The van der Waals surface area contributed by atoms with Crippen LogP contribution in [-0.2, 0) is 21.9 Å². The molecular weight excluding hydrogens is 310 g/mol. The van der Waals surface area contributed by atoms with Gasteiger partial charge in [-0.25, -0.2) is 13.2 Å². The van der Waals surface area contributed by atoms with Crippen molar-refractivity contribution >= 4 is 27.0 Å². The van der Waals surface area contributed by atoms with Gasteiger partial charge < -0.3 is 9.73 Å². The standard InChI is InChI=1S/C13H15N3O5S/c1-15-10-4-3-9(7-11(10)21-13(15)18)22(19,20)16-6-2-5-14-12(17)8-16/h3-4,7H,2,5-6,8H2,1H3,(H,14,17). The van der Waals surface area contributed by atoms with Crippen LogP contribution in [0.15, 0.2) is 32.3 Å². The minimum atomic E-state index is -3.81. The smallest absolute Gasteiger partial charge is 0.408 e. The molecule has 1 saturated heterocycles. The number of benzene rings is 1. The number of hydrogen-bond donors (Lipinski definition) is 1. The van der Waals surface area contributed by atoms with Crippen LogP contribution in [0.25, 0.3) is 11.1 Å². The molecule has 1 aliphatic heterocycles. The maximum atomic E-state index is 12.6. The highest BCUT2D eigenvalue weighted by atomic mass is 32.2. The number of carbonyl (C=O) groups excluding carboxylic acids is 1. The first-order valence-electron chi connectivity index (χ1n) is 6.76. The molecule has 1 N–H and O–H groups in total. The molecular formula is C13H15N3O5S. The van der Waals surface area contributed by atoms with Gasteiger partial charge >= 0.3 is 5.76 Å². The Hall–Kier alpha value is -2.13. The summed E-state index contributed by atoms with van der Waals surface area (Å²) in [5.74, 6) is -0.882. The molecule has 2 heterocycles. The molecule has 0 aliphatic carbocycles. The van der Waals surface area contributed by atoms with Crippen molar-refractivity contribution in [2.75, 3.05) is 19.6 Å². The van der Waals surface area contributed by atoms with Crippen LogP contribution in [0.3, 0.4) is 0 Å². The molecule has 2 aromatic rings. The van der Waals surface area contributed by atoms with Crippen molar-refractivity contribution in [2.24, 2.45) is 7.05 Å². The van der Waals surface area contributed by atoms with Crippen molar-refractivity contribution in [1.29, 1.82) is 0 Å². The maximum Gasteiger partial charge on any atom is 0.419 e. The zero-order chi connectivity index (χ0) is 15.9. The van der Waals surface area contributed by atoms with Gasteiger partial charge in [-0.1, -0.05) is 0 Å². The predicted octanol–water partition coefficient (Wildman–Crippen LogP) is -0.358. The summed E-state index contributed by atoms with van der Waals surface area (Å²) in [5.41, 5.74) is 0.713. The van der Waals surface area contributed by atoms with Crippen LogP contribution < -0.4 is 11.1 Å². The van der Waals surface area contributed by atoms with Gasteiger partial charge in [-0.3, -0.25) is 9.36 Å². The van der Waals surface area contributed by atoms with Gasteiger partial charge in [0.2, 0.25) is 15.9 Å². The lowest BCUT2D eigenvalue weighted by molar-refractivity contribution is -0.120. The van der Waals surface area contributed by atoms with Crippen LogP contribution in [-0.4, -0.2) is 42.8 Å². The molecule has 0 spiro atoms. The Bertz CT molecular complexity index is 896. The van der Waals surface area contributed by atoms with Crippen LogP contribution in [0.5, 0.6) is 0 Å². The van der Waals surface area contributed by atoms with E-state index in [1.54, 1.807) is 7.05 Å². The first-order valence-corrected chi connectivity index (χ1v) is 8.20. The van der Waals surface area contributed by atoms with E-state index in [0.29, 0.717) is 18.5 Å². The quantitative estimate of drug-likeness (QED) is 0.812. The maximum absolute atomic E-state index is 12.6. The highest BCUT2D eigenvalue weighted by molar-refractivity contribution is 7.89. The van der Waals surface area contributed by atoms with Crippen LogP contribution in [0.1, 0.15) is 6.42 Å². The van der Waals surface area contributed by atoms with Crippen molar-refractivity contribution in [3.63, 3.8) is 0 Å². The fourth-order valence-electron chi connectivity index (χ4n) is 2.41. The molecule has 0 radical (unpaired) electrons. The largest absolute Gasteiger partial charge is 0.419 e. The summed E-state index contributed by atoms with van der Waals surface area (Å²) in [6.45, 7) is 0.508. The molecule has 1 amide bonds. The van der Waals surface area contributed by atoms with Crippen molar-refractivity contribution in [1.82, 2.24) is 14.2 Å². The van der Waals surface area contributed by atoms with E-state index in [2.05, 4.69) is 5.32 Å². The van der Waals surface area contributed by atoms with Gasteiger partial charge in [0.25, 0.3) is 0 Å². The molecule has 0 atom stereocenters. The fourth-order valence-corrected chi connectivity index (χ4v) is 3.86. The molecule has 0 bridgehead atoms. The minimum Gasteiger partial charge on any atom is -0.408 e. The number of oxazole rings is 1. The Balaban J connectivity index is 2.04. The molecule has 8 nitrogen and oxygen atoms in total. The molecule has 9 heteroatoms. The van der Waals surface area contributed by atoms with Gasteiger partial charge in [0.1, 0.15) is 0 Å². The third kappa shape index (κ3) is 2.42. The number of aromatic nitrogens is 1. The summed E-state index contributed by atoms with van der Waals surface area (Å²) in [5, 5.41) is 2.63. The molecule has 1 aromatic heterocycles. The van der Waals surface area contributed by atoms with Gasteiger partial charge in [0.05, 0.1) is 17.0 Å². The zero-order valence-corrected chi connectivity index (χ0v) is 12.7. The first kappa shape index (κ1) is 14.8. The van der Waals surface area contributed by atoms with E-state index in [-0.39, 0.29) is 29.5 Å². The normalized spacial score (nSPS) is 17.4. The van der Waals surface area contributed by atoms with Crippen LogP contribution in [0, 0.1) is 0 Å².